The minimum atomic E-state index is 0. The Morgan fingerprint density at radius 2 is 2.04 bits per heavy atom. The molecule has 2 N–H and O–H groups in total. The molecule has 0 unspecified atom stereocenters. The predicted octanol–water partition coefficient (Wildman–Crippen LogP) is 4.03. The van der Waals surface area contributed by atoms with E-state index in [0.29, 0.717) is 6.54 Å². The average Bonchev–Trinajstić information content (AvgIpc) is 3.15. The molecule has 0 fully saturated rings. The summed E-state index contributed by atoms with van der Waals surface area (Å²) in [5.41, 5.74) is 3.22. The van der Waals surface area contributed by atoms with E-state index in [2.05, 4.69) is 39.0 Å². The van der Waals surface area contributed by atoms with E-state index in [4.69, 9.17) is 4.42 Å². The van der Waals surface area contributed by atoms with Gasteiger partial charge in [-0.15, -0.1) is 35.3 Å². The molecule has 0 saturated heterocycles. The number of nitrogens with one attached hydrogen (secondary N) is 2. The molecule has 0 amide bonds. The first-order valence-electron chi connectivity index (χ1n) is 8.00. The Balaban J connectivity index is 0.00000225. The van der Waals surface area contributed by atoms with E-state index in [9.17, 15) is 0 Å². The molecule has 25 heavy (non-hydrogen) atoms. The molecule has 0 spiro atoms. The van der Waals surface area contributed by atoms with Crippen molar-refractivity contribution in [2.24, 2.45) is 4.99 Å². The Morgan fingerprint density at radius 1 is 1.24 bits per heavy atom. The summed E-state index contributed by atoms with van der Waals surface area (Å²) in [7, 11) is 1.77. The smallest absolute Gasteiger partial charge is 0.191 e. The van der Waals surface area contributed by atoms with Gasteiger partial charge in [-0.25, -0.2) is 4.98 Å². The third kappa shape index (κ3) is 4.94. The number of halogens is 1. The van der Waals surface area contributed by atoms with Gasteiger partial charge in [0.1, 0.15) is 11.3 Å². The Bertz CT molecular complexity index is 856. The summed E-state index contributed by atoms with van der Waals surface area (Å²) in [4.78, 5) is 8.72. The molecule has 2 aromatic heterocycles. The van der Waals surface area contributed by atoms with Crippen molar-refractivity contribution in [2.75, 3.05) is 13.6 Å². The van der Waals surface area contributed by atoms with Crippen LogP contribution in [0.5, 0.6) is 0 Å². The maximum atomic E-state index is 5.92. The van der Waals surface area contributed by atoms with E-state index in [1.54, 1.807) is 18.4 Å². The largest absolute Gasteiger partial charge is 0.459 e. The number of benzene rings is 1. The number of thiazole rings is 1. The summed E-state index contributed by atoms with van der Waals surface area (Å²) in [5.74, 6) is 1.70. The van der Waals surface area contributed by atoms with Crippen molar-refractivity contribution in [3.05, 3.63) is 51.7 Å². The van der Waals surface area contributed by atoms with Gasteiger partial charge in [0.2, 0.25) is 0 Å². The van der Waals surface area contributed by atoms with Crippen LogP contribution in [-0.4, -0.2) is 24.5 Å². The van der Waals surface area contributed by atoms with Gasteiger partial charge in [-0.2, -0.15) is 0 Å². The van der Waals surface area contributed by atoms with Crippen molar-refractivity contribution >= 4 is 52.2 Å². The van der Waals surface area contributed by atoms with Crippen molar-refractivity contribution in [3.8, 4) is 0 Å². The number of hydrogen-bond donors (Lipinski definition) is 2. The zero-order valence-electron chi connectivity index (χ0n) is 14.6. The third-order valence-electron chi connectivity index (χ3n) is 3.92. The first-order valence-corrected chi connectivity index (χ1v) is 8.88. The molecule has 0 atom stereocenters. The van der Waals surface area contributed by atoms with E-state index < -0.39 is 0 Å². The lowest BCUT2D eigenvalue weighted by Crippen LogP contribution is -2.37. The van der Waals surface area contributed by atoms with E-state index in [1.807, 2.05) is 25.1 Å². The van der Waals surface area contributed by atoms with Crippen molar-refractivity contribution in [2.45, 2.75) is 26.8 Å². The molecule has 0 aliphatic heterocycles. The average molecular weight is 470 g/mol. The first kappa shape index (κ1) is 19.7. The summed E-state index contributed by atoms with van der Waals surface area (Å²) in [6.45, 7) is 5.51. The van der Waals surface area contributed by atoms with Crippen LogP contribution in [0.15, 0.2) is 39.1 Å². The third-order valence-corrected chi connectivity index (χ3v) is 4.74. The van der Waals surface area contributed by atoms with Crippen LogP contribution in [0.3, 0.4) is 0 Å². The van der Waals surface area contributed by atoms with Crippen molar-refractivity contribution < 1.29 is 4.42 Å². The number of aromatic nitrogens is 1. The van der Waals surface area contributed by atoms with E-state index in [-0.39, 0.29) is 24.0 Å². The number of nitrogens with zero attached hydrogens (tertiary/aromatic N) is 2. The molecule has 134 valence electrons. The van der Waals surface area contributed by atoms with Crippen LogP contribution in [0.4, 0.5) is 0 Å². The van der Waals surface area contributed by atoms with Gasteiger partial charge in [0, 0.05) is 36.3 Å². The van der Waals surface area contributed by atoms with Gasteiger partial charge in [-0.3, -0.25) is 4.99 Å². The van der Waals surface area contributed by atoms with Gasteiger partial charge >= 0.3 is 0 Å². The molecular weight excluding hydrogens is 447 g/mol. The van der Waals surface area contributed by atoms with Gasteiger partial charge in [0.15, 0.2) is 5.96 Å². The Morgan fingerprint density at radius 3 is 2.72 bits per heavy atom. The van der Waals surface area contributed by atoms with E-state index in [1.165, 1.54) is 5.56 Å². The van der Waals surface area contributed by atoms with Crippen molar-refractivity contribution in [3.63, 3.8) is 0 Å². The molecule has 2 heterocycles. The Hall–Kier alpha value is -1.61. The molecule has 7 heteroatoms. The first-order chi connectivity index (χ1) is 11.7. The van der Waals surface area contributed by atoms with Crippen LogP contribution in [0.25, 0.3) is 11.0 Å². The van der Waals surface area contributed by atoms with Gasteiger partial charge in [0.25, 0.3) is 0 Å². The number of rotatable bonds is 5. The quantitative estimate of drug-likeness (QED) is 0.336. The lowest BCUT2D eigenvalue weighted by Gasteiger charge is -2.10. The molecule has 1 aromatic carbocycles. The number of aryl methyl sites for hydroxylation is 2. The monoisotopic (exact) mass is 470 g/mol. The maximum Gasteiger partial charge on any atom is 0.191 e. The highest BCUT2D eigenvalue weighted by Gasteiger charge is 2.10. The van der Waals surface area contributed by atoms with Gasteiger partial charge < -0.3 is 15.1 Å². The standard InChI is InChI=1S/C18H22N4OS.HI/c1-12-15-6-4-5-7-16(15)23-17(12)10-21-18(19-3)20-9-8-14-11-24-13(2)22-14;/h4-7,11H,8-10H2,1-3H3,(H2,19,20,21);1H. The van der Waals surface area contributed by atoms with E-state index >= 15 is 0 Å². The second-order valence-electron chi connectivity index (χ2n) is 5.61. The molecular formula is C18H23IN4OS. The fourth-order valence-electron chi connectivity index (χ4n) is 2.61. The number of aliphatic imine (C=N–C) groups is 1. The summed E-state index contributed by atoms with van der Waals surface area (Å²) < 4.78 is 5.92. The minimum absolute atomic E-state index is 0. The van der Waals surface area contributed by atoms with Crippen LogP contribution >= 0.6 is 35.3 Å². The zero-order chi connectivity index (χ0) is 16.9. The second-order valence-corrected chi connectivity index (χ2v) is 6.67. The second kappa shape index (κ2) is 9.19. The molecule has 5 nitrogen and oxygen atoms in total. The van der Waals surface area contributed by atoms with Crippen LogP contribution in [0, 0.1) is 13.8 Å². The van der Waals surface area contributed by atoms with Crippen LogP contribution in [-0.2, 0) is 13.0 Å². The lowest BCUT2D eigenvalue weighted by molar-refractivity contribution is 0.534. The van der Waals surface area contributed by atoms with Gasteiger partial charge in [-0.05, 0) is 19.9 Å². The number of para-hydroxylation sites is 1. The van der Waals surface area contributed by atoms with Crippen molar-refractivity contribution in [1.82, 2.24) is 15.6 Å². The Kier molecular flexibility index (Phi) is 7.24. The molecule has 0 aliphatic carbocycles. The zero-order valence-corrected chi connectivity index (χ0v) is 17.8. The molecule has 3 rings (SSSR count). The summed E-state index contributed by atoms with van der Waals surface area (Å²) in [6.07, 6.45) is 0.884. The molecule has 0 bridgehead atoms. The number of guanidine groups is 1. The summed E-state index contributed by atoms with van der Waals surface area (Å²) >= 11 is 1.68. The van der Waals surface area contributed by atoms with Crippen LogP contribution in [0.1, 0.15) is 22.0 Å². The number of furan rings is 1. The number of fused-ring (bicyclic) bond motifs is 1. The maximum absolute atomic E-state index is 5.92. The highest BCUT2D eigenvalue weighted by Crippen LogP contribution is 2.24. The SMILES string of the molecule is CN=C(NCCc1csc(C)n1)NCc1oc2ccccc2c1C.I. The van der Waals surface area contributed by atoms with Crippen LogP contribution in [0.2, 0.25) is 0 Å². The molecule has 3 aromatic rings. The lowest BCUT2D eigenvalue weighted by atomic mass is 10.1. The predicted molar refractivity (Wildman–Crippen MR) is 115 cm³/mol. The van der Waals surface area contributed by atoms with Gasteiger partial charge in [-0.1, -0.05) is 18.2 Å². The van der Waals surface area contributed by atoms with Gasteiger partial charge in [0.05, 0.1) is 17.2 Å². The summed E-state index contributed by atoms with van der Waals surface area (Å²) in [5, 5.41) is 11.0. The molecule has 0 saturated carbocycles. The topological polar surface area (TPSA) is 62.5 Å². The molecule has 0 radical (unpaired) electrons. The normalized spacial score (nSPS) is 11.4. The highest BCUT2D eigenvalue weighted by molar-refractivity contribution is 14.0. The highest BCUT2D eigenvalue weighted by atomic mass is 127. The minimum Gasteiger partial charge on any atom is -0.459 e. The molecule has 0 aliphatic rings. The van der Waals surface area contributed by atoms with Crippen LogP contribution < -0.4 is 10.6 Å². The fourth-order valence-corrected chi connectivity index (χ4v) is 3.26. The summed E-state index contributed by atoms with van der Waals surface area (Å²) in [6, 6.07) is 8.10. The van der Waals surface area contributed by atoms with E-state index in [0.717, 1.165) is 46.4 Å². The Labute approximate surface area is 169 Å². The number of hydrogen-bond acceptors (Lipinski definition) is 4. The fraction of sp³-hybridized carbons (Fsp3) is 0.333. The van der Waals surface area contributed by atoms with Crippen molar-refractivity contribution in [1.29, 1.82) is 0 Å².